The van der Waals surface area contributed by atoms with Gasteiger partial charge in [-0.3, -0.25) is 4.90 Å². The molecule has 4 heteroatoms. The number of hydrogen-bond acceptors (Lipinski definition) is 2. The molecule has 0 spiro atoms. The van der Waals surface area contributed by atoms with Crippen LogP contribution in [0.5, 0.6) is 5.75 Å². The number of rotatable bonds is 5. The predicted octanol–water partition coefficient (Wildman–Crippen LogP) is 4.99. The molecule has 0 aromatic heterocycles. The van der Waals surface area contributed by atoms with Gasteiger partial charge in [-0.2, -0.15) is 0 Å². The van der Waals surface area contributed by atoms with Crippen molar-refractivity contribution in [1.29, 1.82) is 0 Å². The molecular formula is C19H21Cl2NO. The molecule has 1 heterocycles. The Morgan fingerprint density at radius 1 is 1.13 bits per heavy atom. The van der Waals surface area contributed by atoms with Gasteiger partial charge in [0.15, 0.2) is 0 Å². The Balaban J connectivity index is 1.53. The molecule has 0 amide bonds. The summed E-state index contributed by atoms with van der Waals surface area (Å²) in [6.45, 7) is 3.10. The predicted molar refractivity (Wildman–Crippen MR) is 96.8 cm³/mol. The van der Waals surface area contributed by atoms with E-state index in [1.165, 1.54) is 16.7 Å². The molecule has 2 nitrogen and oxygen atoms in total. The monoisotopic (exact) mass is 349 g/mol. The summed E-state index contributed by atoms with van der Waals surface area (Å²) in [5.74, 6) is 0.912. The van der Waals surface area contributed by atoms with Crippen molar-refractivity contribution in [3.8, 4) is 5.75 Å². The van der Waals surface area contributed by atoms with Crippen LogP contribution in [0.15, 0.2) is 36.4 Å². The van der Waals surface area contributed by atoms with Crippen LogP contribution in [-0.2, 0) is 19.4 Å². The Morgan fingerprint density at radius 3 is 2.65 bits per heavy atom. The molecule has 0 N–H and O–H groups in total. The van der Waals surface area contributed by atoms with E-state index < -0.39 is 0 Å². The van der Waals surface area contributed by atoms with E-state index in [-0.39, 0.29) is 0 Å². The van der Waals surface area contributed by atoms with E-state index in [1.807, 2.05) is 18.2 Å². The molecular weight excluding hydrogens is 329 g/mol. The summed E-state index contributed by atoms with van der Waals surface area (Å²) in [5, 5.41) is 1.54. The van der Waals surface area contributed by atoms with E-state index in [2.05, 4.69) is 23.1 Å². The van der Waals surface area contributed by atoms with Crippen LogP contribution in [0.2, 0.25) is 10.0 Å². The minimum atomic E-state index is 0.730. The van der Waals surface area contributed by atoms with Crippen LogP contribution < -0.4 is 4.74 Å². The van der Waals surface area contributed by atoms with E-state index in [9.17, 15) is 0 Å². The fourth-order valence-electron chi connectivity index (χ4n) is 3.16. The first-order chi connectivity index (χ1) is 11.2. The lowest BCUT2D eigenvalue weighted by atomic mass is 9.99. The molecule has 1 aliphatic rings. The summed E-state index contributed by atoms with van der Waals surface area (Å²) in [7, 11) is 1.70. The second-order valence-electron chi connectivity index (χ2n) is 6.00. The summed E-state index contributed by atoms with van der Waals surface area (Å²) in [6.07, 6.45) is 3.24. The molecule has 0 atom stereocenters. The van der Waals surface area contributed by atoms with Gasteiger partial charge in [-0.05, 0) is 66.8 Å². The maximum Gasteiger partial charge on any atom is 0.118 e. The normalized spacial score (nSPS) is 14.6. The topological polar surface area (TPSA) is 12.5 Å². The number of fused-ring (bicyclic) bond motifs is 1. The molecule has 0 fully saturated rings. The highest BCUT2D eigenvalue weighted by Crippen LogP contribution is 2.29. The summed E-state index contributed by atoms with van der Waals surface area (Å²) in [6, 6.07) is 12.2. The fraction of sp³-hybridized carbons (Fsp3) is 0.368. The van der Waals surface area contributed by atoms with Crippen molar-refractivity contribution in [2.45, 2.75) is 25.8 Å². The lowest BCUT2D eigenvalue weighted by Gasteiger charge is -2.29. The molecule has 0 bridgehead atoms. The van der Waals surface area contributed by atoms with Crippen LogP contribution in [0.1, 0.15) is 23.1 Å². The van der Waals surface area contributed by atoms with Crippen LogP contribution in [0, 0.1) is 0 Å². The summed E-state index contributed by atoms with van der Waals surface area (Å²) in [4.78, 5) is 2.48. The number of ether oxygens (including phenoxy) is 1. The molecule has 0 unspecified atom stereocenters. The maximum absolute atomic E-state index is 6.29. The largest absolute Gasteiger partial charge is 0.497 e. The molecule has 0 aliphatic carbocycles. The van der Waals surface area contributed by atoms with Gasteiger partial charge in [0.05, 0.1) is 7.11 Å². The van der Waals surface area contributed by atoms with E-state index in [4.69, 9.17) is 27.9 Å². The molecule has 23 heavy (non-hydrogen) atoms. The van der Waals surface area contributed by atoms with Crippen molar-refractivity contribution in [1.82, 2.24) is 4.90 Å². The number of aryl methyl sites for hydroxylation is 1. The first kappa shape index (κ1) is 16.6. The Labute approximate surface area is 148 Å². The zero-order valence-electron chi connectivity index (χ0n) is 13.3. The van der Waals surface area contributed by atoms with Crippen LogP contribution >= 0.6 is 23.2 Å². The third-order valence-corrected chi connectivity index (χ3v) is 4.98. The zero-order chi connectivity index (χ0) is 16.2. The van der Waals surface area contributed by atoms with Crippen LogP contribution in [-0.4, -0.2) is 25.1 Å². The first-order valence-corrected chi connectivity index (χ1v) is 8.73. The van der Waals surface area contributed by atoms with Crippen LogP contribution in [0.25, 0.3) is 0 Å². The van der Waals surface area contributed by atoms with E-state index in [0.29, 0.717) is 0 Å². The highest BCUT2D eigenvalue weighted by Gasteiger charge is 2.18. The number of hydrogen-bond donors (Lipinski definition) is 0. The Kier molecular flexibility index (Phi) is 5.47. The average Bonchev–Trinajstić information content (AvgIpc) is 2.55. The number of halogens is 2. The van der Waals surface area contributed by atoms with E-state index in [0.717, 1.165) is 54.7 Å². The molecule has 122 valence electrons. The van der Waals surface area contributed by atoms with Crippen molar-refractivity contribution in [2.24, 2.45) is 0 Å². The van der Waals surface area contributed by atoms with E-state index in [1.54, 1.807) is 7.11 Å². The molecule has 0 saturated carbocycles. The minimum Gasteiger partial charge on any atom is -0.497 e. The van der Waals surface area contributed by atoms with Crippen molar-refractivity contribution >= 4 is 23.2 Å². The standard InChI is InChI=1S/C19H21Cl2NO/c1-23-17-6-4-14(5-7-17)3-2-9-22-10-8-18-15(13-22)11-16(20)12-19(18)21/h4-7,11-12H,2-3,8-10,13H2,1H3. The fourth-order valence-corrected chi connectivity index (χ4v) is 3.79. The van der Waals surface area contributed by atoms with Gasteiger partial charge >= 0.3 is 0 Å². The minimum absolute atomic E-state index is 0.730. The maximum atomic E-state index is 6.29. The zero-order valence-corrected chi connectivity index (χ0v) is 14.8. The average molecular weight is 350 g/mol. The number of methoxy groups -OCH3 is 1. The second kappa shape index (κ2) is 7.57. The van der Waals surface area contributed by atoms with Crippen molar-refractivity contribution in [2.75, 3.05) is 20.2 Å². The third kappa shape index (κ3) is 4.20. The third-order valence-electron chi connectivity index (χ3n) is 4.42. The summed E-state index contributed by atoms with van der Waals surface area (Å²) < 4.78 is 5.19. The Hall–Kier alpha value is -1.22. The van der Waals surface area contributed by atoms with Crippen molar-refractivity contribution in [3.63, 3.8) is 0 Å². The molecule has 3 rings (SSSR count). The van der Waals surface area contributed by atoms with Gasteiger partial charge in [-0.15, -0.1) is 0 Å². The van der Waals surface area contributed by atoms with Crippen LogP contribution in [0.4, 0.5) is 0 Å². The van der Waals surface area contributed by atoms with Crippen molar-refractivity contribution < 1.29 is 4.74 Å². The van der Waals surface area contributed by atoms with Crippen molar-refractivity contribution in [3.05, 3.63) is 63.1 Å². The molecule has 0 radical (unpaired) electrons. The van der Waals surface area contributed by atoms with Gasteiger partial charge in [-0.1, -0.05) is 35.3 Å². The number of benzene rings is 2. The second-order valence-corrected chi connectivity index (χ2v) is 6.85. The Bertz CT molecular complexity index is 670. The highest BCUT2D eigenvalue weighted by molar-refractivity contribution is 6.35. The van der Waals surface area contributed by atoms with E-state index >= 15 is 0 Å². The molecule has 2 aromatic rings. The van der Waals surface area contributed by atoms with Gasteiger partial charge in [0, 0.05) is 23.1 Å². The number of nitrogens with zero attached hydrogens (tertiary/aromatic N) is 1. The highest BCUT2D eigenvalue weighted by atomic mass is 35.5. The van der Waals surface area contributed by atoms with Crippen LogP contribution in [0.3, 0.4) is 0 Å². The van der Waals surface area contributed by atoms with Gasteiger partial charge in [0.1, 0.15) is 5.75 Å². The van der Waals surface area contributed by atoms with Gasteiger partial charge in [-0.25, -0.2) is 0 Å². The smallest absolute Gasteiger partial charge is 0.118 e. The quantitative estimate of drug-likeness (QED) is 0.753. The summed E-state index contributed by atoms with van der Waals surface area (Å²) in [5.41, 5.74) is 3.90. The molecule has 2 aromatic carbocycles. The Morgan fingerprint density at radius 2 is 1.91 bits per heavy atom. The summed E-state index contributed by atoms with van der Waals surface area (Å²) >= 11 is 12.4. The van der Waals surface area contributed by atoms with Gasteiger partial charge < -0.3 is 4.74 Å². The lowest BCUT2D eigenvalue weighted by molar-refractivity contribution is 0.251. The van der Waals surface area contributed by atoms with Gasteiger partial charge in [0.25, 0.3) is 0 Å². The SMILES string of the molecule is COc1ccc(CCCN2CCc3c(Cl)cc(Cl)cc3C2)cc1. The first-order valence-electron chi connectivity index (χ1n) is 7.98. The van der Waals surface area contributed by atoms with Gasteiger partial charge in [0.2, 0.25) is 0 Å². The molecule has 0 saturated heterocycles. The lowest BCUT2D eigenvalue weighted by Crippen LogP contribution is -2.31. The molecule has 1 aliphatic heterocycles.